The fourth-order valence-corrected chi connectivity index (χ4v) is 27.3. The lowest BCUT2D eigenvalue weighted by Crippen LogP contribution is -2.38. The van der Waals surface area contributed by atoms with Gasteiger partial charge in [0, 0.05) is 0 Å². The molecule has 0 N–H and O–H groups in total. The van der Waals surface area contributed by atoms with Crippen LogP contribution in [-0.2, 0) is 0 Å². The van der Waals surface area contributed by atoms with Crippen molar-refractivity contribution in [1.29, 1.82) is 0 Å². The van der Waals surface area contributed by atoms with Crippen molar-refractivity contribution in [2.75, 3.05) is 0 Å². The Bertz CT molecular complexity index is 2170. The molecule has 13 aliphatic carbocycles. The second-order valence-electron chi connectivity index (χ2n) is 49.8. The third-order valence-corrected chi connectivity index (χ3v) is 33.3. The highest BCUT2D eigenvalue weighted by molar-refractivity contribution is 5.00. The van der Waals surface area contributed by atoms with Crippen molar-refractivity contribution >= 4 is 0 Å². The third kappa shape index (κ3) is 30.7. The van der Waals surface area contributed by atoms with E-state index in [1.807, 2.05) is 0 Å². The first-order valence-electron chi connectivity index (χ1n) is 45.9. The molecule has 0 aromatic carbocycles. The van der Waals surface area contributed by atoms with Gasteiger partial charge in [0.25, 0.3) is 0 Å². The van der Waals surface area contributed by atoms with Crippen LogP contribution in [0.3, 0.4) is 0 Å². The molecule has 0 aliphatic heterocycles. The molecule has 13 fully saturated rings. The summed E-state index contributed by atoms with van der Waals surface area (Å²) in [6, 6.07) is 0. The van der Waals surface area contributed by atoms with Gasteiger partial charge in [-0.05, 0) is 319 Å². The van der Waals surface area contributed by atoms with Gasteiger partial charge in [-0.25, -0.2) is 0 Å². The average Bonchev–Trinajstić information content (AvgIpc) is 1.63. The molecule has 6 bridgehead atoms. The average molecular weight is 1410 g/mol. The number of hydrogen-bond donors (Lipinski definition) is 0. The first kappa shape index (κ1) is 93.4. The van der Waals surface area contributed by atoms with Crippen molar-refractivity contribution in [3.63, 3.8) is 0 Å². The summed E-state index contributed by atoms with van der Waals surface area (Å²) in [6.07, 6.45) is 51.1. The lowest BCUT2D eigenvalue weighted by molar-refractivity contribution is 0.0202. The molecule has 0 aromatic heterocycles. The summed E-state index contributed by atoms with van der Waals surface area (Å²) in [7, 11) is 0. The van der Waals surface area contributed by atoms with E-state index in [-0.39, 0.29) is 0 Å². The highest BCUT2D eigenvalue weighted by atomic mass is 14.6. The molecule has 0 spiro atoms. The smallest absolute Gasteiger partial charge is 0.0297 e. The quantitative estimate of drug-likeness (QED) is 0.259. The molecule has 0 heteroatoms. The van der Waals surface area contributed by atoms with E-state index >= 15 is 0 Å². The van der Waals surface area contributed by atoms with Gasteiger partial charge in [0.15, 0.2) is 0 Å². The molecule has 0 nitrogen and oxygen atoms in total. The summed E-state index contributed by atoms with van der Waals surface area (Å²) in [5.41, 5.74) is 7.09. The van der Waals surface area contributed by atoms with Gasteiger partial charge in [0.1, 0.15) is 0 Å². The Morgan fingerprint density at radius 3 is 0.980 bits per heavy atom. The van der Waals surface area contributed by atoms with Crippen molar-refractivity contribution < 1.29 is 0 Å². The van der Waals surface area contributed by atoms with Gasteiger partial charge in [0.05, 0.1) is 0 Å². The Hall–Kier alpha value is 0. The van der Waals surface area contributed by atoms with Crippen molar-refractivity contribution in [1.82, 2.24) is 0 Å². The maximum atomic E-state index is 2.46. The van der Waals surface area contributed by atoms with Crippen LogP contribution in [0.1, 0.15) is 474 Å². The minimum Gasteiger partial charge on any atom is -0.0651 e. The summed E-state index contributed by atoms with van der Waals surface area (Å²) in [5.74, 6) is 18.5. The van der Waals surface area contributed by atoms with Crippen LogP contribution in [0.5, 0.6) is 0 Å². The summed E-state index contributed by atoms with van der Waals surface area (Å²) in [4.78, 5) is 0. The standard InChI is InChI=1S/2C12H24.2C11H22.C10H18.2C9H16.3C9H18/c1-10(2)7-11(3,4)9-12(5,6)8-10;1-6-10-7-11(2,3)9-12(4,5)8-10;1-9-6-10(2,3)8-11(4,5)7-9;1-9-10(2,3)7-6-8-11(9,4)5;1-7-8-4-5-9(6-8)10(7,2)3;1-6-7(2)9-4-3-8(6)5-9;1-2-8-5-7-3-4-9(8)6-7;1-8-4-6-9(2,3)7-5-8;1-8-6-4-5-7-9(8,2)3;1-7-5-4-6-8(2)9(7)3/h7-9H2,1-6H3;10H,6-9H2,1-5H3;2*9H,6-8H2,1-5H3;7-9H,4-6H2,1-3H3;6-9H,3-5H2,1-2H3;7-9H,2-6H2,1H3;2*8H,4-7H2,1-3H3;7-9H,4-6H2,1-3H3/t;;;;;;;;8-;/m........1./s1. The molecule has 0 saturated heterocycles. The Kier molecular flexibility index (Phi) is 35.0. The van der Waals surface area contributed by atoms with Crippen LogP contribution in [0.25, 0.3) is 0 Å². The molecule has 0 radical (unpaired) electrons. The molecule has 600 valence electrons. The Balaban J connectivity index is 0.000000238. The molecule has 13 aliphatic rings. The monoisotopic (exact) mass is 1410 g/mol. The van der Waals surface area contributed by atoms with Gasteiger partial charge in [-0.1, -0.05) is 326 Å². The molecule has 12 unspecified atom stereocenters. The molecule has 101 heavy (non-hydrogen) atoms. The van der Waals surface area contributed by atoms with Gasteiger partial charge < -0.3 is 0 Å². The first-order chi connectivity index (χ1) is 45.9. The number of rotatable bonds is 2. The molecule has 13 rings (SSSR count). The highest BCUT2D eigenvalue weighted by Gasteiger charge is 2.51. The van der Waals surface area contributed by atoms with Crippen LogP contribution in [0.15, 0.2) is 0 Å². The van der Waals surface area contributed by atoms with E-state index in [0.717, 1.165) is 107 Å². The zero-order valence-electron chi connectivity index (χ0n) is 77.1. The van der Waals surface area contributed by atoms with Crippen molar-refractivity contribution in [2.24, 2.45) is 172 Å². The summed E-state index contributed by atoms with van der Waals surface area (Å²) in [5, 5.41) is 0. The topological polar surface area (TPSA) is 0 Å². The molecule has 13 atom stereocenters. The lowest BCUT2D eigenvalue weighted by Gasteiger charge is -2.49. The van der Waals surface area contributed by atoms with E-state index in [4.69, 9.17) is 0 Å². The molecule has 0 aromatic rings. The lowest BCUT2D eigenvalue weighted by atomic mass is 9.56. The van der Waals surface area contributed by atoms with Crippen LogP contribution in [-0.4, -0.2) is 0 Å². The predicted octanol–water partition coefficient (Wildman–Crippen LogP) is 34.3. The maximum Gasteiger partial charge on any atom is -0.0297 e. The minimum atomic E-state index is 0.547. The Labute approximate surface area is 641 Å². The fourth-order valence-electron chi connectivity index (χ4n) is 27.3. The fraction of sp³-hybridized carbons (Fsp3) is 1.00. The van der Waals surface area contributed by atoms with E-state index in [1.165, 1.54) is 193 Å². The summed E-state index contributed by atoms with van der Waals surface area (Å²) < 4.78 is 0. The Morgan fingerprint density at radius 2 is 0.703 bits per heavy atom. The van der Waals surface area contributed by atoms with Crippen LogP contribution in [0, 0.1) is 172 Å². The zero-order valence-corrected chi connectivity index (χ0v) is 77.1. The Morgan fingerprint density at radius 1 is 0.287 bits per heavy atom. The second kappa shape index (κ2) is 37.8. The summed E-state index contributed by atoms with van der Waals surface area (Å²) in [6.45, 7) is 86.7. The molecule has 13 saturated carbocycles. The van der Waals surface area contributed by atoms with E-state index < -0.39 is 0 Å². The van der Waals surface area contributed by atoms with E-state index in [1.54, 1.807) is 32.1 Å². The van der Waals surface area contributed by atoms with Gasteiger partial charge >= 0.3 is 0 Å². The SMILES string of the molecule is CC1(C)CC(C)(C)CC(C)(C)C1.CC1C(C)(C)CCCC1(C)C.CC1C2CCC(C2)C1(C)C.CC1C2CCC(C2)C1C.CC1CC(C)(C)CC(C)(C)C1.CC1CCC(C)(C)CC1.CC1CCCC(C)C1C.CCC1CC(C)(C)CC(C)(C)C1.CCC1CC2CCC1C2.C[C@@H]1CCCCC1(C)C. The van der Waals surface area contributed by atoms with Gasteiger partial charge in [0.2, 0.25) is 0 Å². The van der Waals surface area contributed by atoms with E-state index in [2.05, 4.69) is 249 Å². The molecular weight excluding hydrogens is 1210 g/mol. The number of fused-ring (bicyclic) bond motifs is 6. The molecule has 0 amide bonds. The van der Waals surface area contributed by atoms with E-state index in [0.29, 0.717) is 65.0 Å². The zero-order chi connectivity index (χ0) is 77.1. The normalized spacial score (nSPS) is 37.7. The number of hydrogen-bond acceptors (Lipinski definition) is 0. The van der Waals surface area contributed by atoms with Gasteiger partial charge in [-0.15, -0.1) is 0 Å². The second-order valence-corrected chi connectivity index (χ2v) is 49.8. The molecular formula is C101H196. The summed E-state index contributed by atoms with van der Waals surface area (Å²) >= 11 is 0. The predicted molar refractivity (Wildman–Crippen MR) is 458 cm³/mol. The van der Waals surface area contributed by atoms with Gasteiger partial charge in [-0.3, -0.25) is 0 Å². The van der Waals surface area contributed by atoms with Crippen LogP contribution < -0.4 is 0 Å². The third-order valence-electron chi connectivity index (χ3n) is 33.3. The largest absolute Gasteiger partial charge is 0.0651 e. The minimum absolute atomic E-state index is 0.547. The molecule has 0 heterocycles. The van der Waals surface area contributed by atoms with Gasteiger partial charge in [-0.2, -0.15) is 0 Å². The van der Waals surface area contributed by atoms with Crippen LogP contribution >= 0.6 is 0 Å². The van der Waals surface area contributed by atoms with Crippen molar-refractivity contribution in [3.8, 4) is 0 Å². The van der Waals surface area contributed by atoms with Crippen LogP contribution in [0.2, 0.25) is 0 Å². The maximum absolute atomic E-state index is 2.46. The van der Waals surface area contributed by atoms with Crippen molar-refractivity contribution in [2.45, 2.75) is 474 Å². The van der Waals surface area contributed by atoms with Crippen LogP contribution in [0.4, 0.5) is 0 Å². The van der Waals surface area contributed by atoms with E-state index in [9.17, 15) is 0 Å². The highest BCUT2D eigenvalue weighted by Crippen LogP contribution is 2.60. The first-order valence-corrected chi connectivity index (χ1v) is 45.9. The van der Waals surface area contributed by atoms with Crippen molar-refractivity contribution in [3.05, 3.63) is 0 Å².